The van der Waals surface area contributed by atoms with Crippen LogP contribution in [0.4, 0.5) is 0 Å². The van der Waals surface area contributed by atoms with Gasteiger partial charge in [-0.2, -0.15) is 0 Å². The Hall–Kier alpha value is -0.130. The molecule has 1 unspecified atom stereocenters. The van der Waals surface area contributed by atoms with Gasteiger partial charge in [0.2, 0.25) is 0 Å². The minimum Gasteiger partial charge on any atom is -0.316 e. The highest BCUT2D eigenvalue weighted by molar-refractivity contribution is 8.00. The lowest BCUT2D eigenvalue weighted by Gasteiger charge is -2.17. The van der Waals surface area contributed by atoms with E-state index in [2.05, 4.69) is 36.3 Å². The quantitative estimate of drug-likeness (QED) is 0.815. The Kier molecular flexibility index (Phi) is 5.04. The summed E-state index contributed by atoms with van der Waals surface area (Å²) in [4.78, 5) is 0. The molecule has 18 heavy (non-hydrogen) atoms. The second-order valence-electron chi connectivity index (χ2n) is 5.53. The SMILES string of the molecule is CC(C)CNCCc1nnc(C2(C)CCCS2)s1. The zero-order chi connectivity index (χ0) is 13.0. The average Bonchev–Trinajstić information content (AvgIpc) is 2.94. The average molecular weight is 285 g/mol. The highest BCUT2D eigenvalue weighted by atomic mass is 32.2. The first-order valence-corrected chi connectivity index (χ1v) is 8.58. The molecule has 0 spiro atoms. The standard InChI is InChI=1S/C13H23N3S2/c1-10(2)9-14-7-5-11-15-16-12(18-11)13(3)6-4-8-17-13/h10,14H,4-9H2,1-3H3. The predicted molar refractivity (Wildman–Crippen MR) is 80.4 cm³/mol. The topological polar surface area (TPSA) is 37.8 Å². The third-order valence-electron chi connectivity index (χ3n) is 3.21. The number of rotatable bonds is 6. The predicted octanol–water partition coefficient (Wildman–Crippen LogP) is 3.07. The summed E-state index contributed by atoms with van der Waals surface area (Å²) in [6.45, 7) is 8.87. The lowest BCUT2D eigenvalue weighted by molar-refractivity contribution is 0.553. The van der Waals surface area contributed by atoms with E-state index in [9.17, 15) is 0 Å². The van der Waals surface area contributed by atoms with Crippen molar-refractivity contribution in [3.05, 3.63) is 10.0 Å². The number of nitrogens with one attached hydrogen (secondary N) is 1. The van der Waals surface area contributed by atoms with Crippen molar-refractivity contribution < 1.29 is 0 Å². The van der Waals surface area contributed by atoms with Crippen LogP contribution in [0.2, 0.25) is 0 Å². The Morgan fingerprint density at radius 3 is 2.89 bits per heavy atom. The van der Waals surface area contributed by atoms with Crippen LogP contribution in [0.15, 0.2) is 0 Å². The van der Waals surface area contributed by atoms with Crippen molar-refractivity contribution >= 4 is 23.1 Å². The molecule has 2 heterocycles. The van der Waals surface area contributed by atoms with E-state index in [1.165, 1.54) is 28.6 Å². The molecule has 102 valence electrons. The van der Waals surface area contributed by atoms with Gasteiger partial charge in [-0.15, -0.1) is 33.3 Å². The maximum absolute atomic E-state index is 4.40. The molecule has 5 heteroatoms. The second-order valence-corrected chi connectivity index (χ2v) is 8.19. The van der Waals surface area contributed by atoms with Crippen molar-refractivity contribution in [2.75, 3.05) is 18.8 Å². The van der Waals surface area contributed by atoms with Gasteiger partial charge in [0, 0.05) is 13.0 Å². The number of hydrogen-bond donors (Lipinski definition) is 1. The number of thioether (sulfide) groups is 1. The molecule has 0 aromatic carbocycles. The largest absolute Gasteiger partial charge is 0.316 e. The summed E-state index contributed by atoms with van der Waals surface area (Å²) in [6, 6.07) is 0. The highest BCUT2D eigenvalue weighted by Crippen LogP contribution is 2.46. The molecule has 1 atom stereocenters. The maximum atomic E-state index is 4.40. The van der Waals surface area contributed by atoms with Crippen LogP contribution in [0.25, 0.3) is 0 Å². The van der Waals surface area contributed by atoms with Gasteiger partial charge in [-0.1, -0.05) is 13.8 Å². The monoisotopic (exact) mass is 285 g/mol. The van der Waals surface area contributed by atoms with Crippen molar-refractivity contribution in [1.29, 1.82) is 0 Å². The molecule has 1 aromatic rings. The Bertz CT molecular complexity index is 370. The lowest BCUT2D eigenvalue weighted by Crippen LogP contribution is -2.22. The fourth-order valence-electron chi connectivity index (χ4n) is 2.10. The van der Waals surface area contributed by atoms with Crippen molar-refractivity contribution in [1.82, 2.24) is 15.5 Å². The first-order chi connectivity index (χ1) is 8.60. The molecule has 0 bridgehead atoms. The molecule has 1 saturated heterocycles. The summed E-state index contributed by atoms with van der Waals surface area (Å²) in [5, 5.41) is 14.6. The van der Waals surface area contributed by atoms with E-state index in [-0.39, 0.29) is 4.75 Å². The summed E-state index contributed by atoms with van der Waals surface area (Å²) in [5.41, 5.74) is 0. The van der Waals surface area contributed by atoms with Crippen LogP contribution in [0.1, 0.15) is 43.6 Å². The van der Waals surface area contributed by atoms with E-state index in [4.69, 9.17) is 0 Å². The van der Waals surface area contributed by atoms with Gasteiger partial charge in [0.05, 0.1) is 4.75 Å². The third kappa shape index (κ3) is 3.68. The lowest BCUT2D eigenvalue weighted by atomic mass is 10.1. The van der Waals surface area contributed by atoms with Crippen LogP contribution >= 0.6 is 23.1 Å². The van der Waals surface area contributed by atoms with Crippen LogP contribution in [0.5, 0.6) is 0 Å². The molecule has 1 N–H and O–H groups in total. The molecular weight excluding hydrogens is 262 g/mol. The molecule has 0 aliphatic carbocycles. The molecule has 1 fully saturated rings. The number of hydrogen-bond acceptors (Lipinski definition) is 5. The van der Waals surface area contributed by atoms with Crippen LogP contribution < -0.4 is 5.32 Å². The van der Waals surface area contributed by atoms with Gasteiger partial charge in [0.1, 0.15) is 10.0 Å². The highest BCUT2D eigenvalue weighted by Gasteiger charge is 2.34. The normalized spacial score (nSPS) is 24.0. The van der Waals surface area contributed by atoms with Crippen LogP contribution in [-0.4, -0.2) is 29.0 Å². The molecule has 2 rings (SSSR count). The Morgan fingerprint density at radius 2 is 2.22 bits per heavy atom. The number of nitrogens with zero attached hydrogens (tertiary/aromatic N) is 2. The number of aromatic nitrogens is 2. The molecule has 1 aliphatic heterocycles. The molecule has 3 nitrogen and oxygen atoms in total. The van der Waals surface area contributed by atoms with Gasteiger partial charge < -0.3 is 5.32 Å². The third-order valence-corrected chi connectivity index (χ3v) is 6.11. The van der Waals surface area contributed by atoms with Gasteiger partial charge >= 0.3 is 0 Å². The minimum absolute atomic E-state index is 0.237. The summed E-state index contributed by atoms with van der Waals surface area (Å²) in [7, 11) is 0. The fourth-order valence-corrected chi connectivity index (χ4v) is 4.50. The van der Waals surface area contributed by atoms with E-state index in [1.807, 2.05) is 11.8 Å². The Morgan fingerprint density at radius 1 is 1.39 bits per heavy atom. The first kappa shape index (κ1) is 14.3. The summed E-state index contributed by atoms with van der Waals surface area (Å²) < 4.78 is 0.237. The van der Waals surface area contributed by atoms with E-state index in [0.717, 1.165) is 19.5 Å². The van der Waals surface area contributed by atoms with Gasteiger partial charge in [0.25, 0.3) is 0 Å². The van der Waals surface area contributed by atoms with E-state index in [1.54, 1.807) is 11.3 Å². The maximum Gasteiger partial charge on any atom is 0.133 e. The molecule has 0 saturated carbocycles. The van der Waals surface area contributed by atoms with Gasteiger partial charge in [-0.3, -0.25) is 0 Å². The summed E-state index contributed by atoms with van der Waals surface area (Å²) in [5.74, 6) is 1.98. The van der Waals surface area contributed by atoms with E-state index >= 15 is 0 Å². The van der Waals surface area contributed by atoms with Gasteiger partial charge in [0.15, 0.2) is 0 Å². The molecule has 1 aromatic heterocycles. The smallest absolute Gasteiger partial charge is 0.133 e. The first-order valence-electron chi connectivity index (χ1n) is 6.78. The van der Waals surface area contributed by atoms with Crippen LogP contribution in [0, 0.1) is 5.92 Å². The second kappa shape index (κ2) is 6.35. The minimum atomic E-state index is 0.237. The van der Waals surface area contributed by atoms with Crippen molar-refractivity contribution in [3.63, 3.8) is 0 Å². The van der Waals surface area contributed by atoms with Gasteiger partial charge in [-0.05, 0) is 38.0 Å². The molecule has 0 radical (unpaired) electrons. The fraction of sp³-hybridized carbons (Fsp3) is 0.846. The molecular formula is C13H23N3S2. The summed E-state index contributed by atoms with van der Waals surface area (Å²) >= 11 is 3.84. The molecule has 0 amide bonds. The molecule has 1 aliphatic rings. The summed E-state index contributed by atoms with van der Waals surface area (Å²) in [6.07, 6.45) is 3.56. The van der Waals surface area contributed by atoms with Crippen LogP contribution in [-0.2, 0) is 11.2 Å². The zero-order valence-electron chi connectivity index (χ0n) is 11.5. The Labute approximate surface area is 118 Å². The van der Waals surface area contributed by atoms with E-state index in [0.29, 0.717) is 5.92 Å². The van der Waals surface area contributed by atoms with Crippen LogP contribution in [0.3, 0.4) is 0 Å². The van der Waals surface area contributed by atoms with Crippen molar-refractivity contribution in [3.8, 4) is 0 Å². The zero-order valence-corrected chi connectivity index (χ0v) is 13.2. The Balaban J connectivity index is 1.83. The van der Waals surface area contributed by atoms with E-state index < -0.39 is 0 Å². The van der Waals surface area contributed by atoms with Crippen molar-refractivity contribution in [2.45, 2.75) is 44.8 Å². The van der Waals surface area contributed by atoms with Gasteiger partial charge in [-0.25, -0.2) is 0 Å². The van der Waals surface area contributed by atoms with Crippen molar-refractivity contribution in [2.24, 2.45) is 5.92 Å².